The molecule has 6 heteroatoms. The summed E-state index contributed by atoms with van der Waals surface area (Å²) >= 11 is 0. The first-order valence-electron chi connectivity index (χ1n) is 14.7. The van der Waals surface area contributed by atoms with Gasteiger partial charge in [-0.15, -0.1) is 0 Å². The van der Waals surface area contributed by atoms with Crippen molar-refractivity contribution in [2.24, 2.45) is 5.92 Å². The fourth-order valence-electron chi connectivity index (χ4n) is 6.18. The lowest BCUT2D eigenvalue weighted by Crippen LogP contribution is -2.50. The molecule has 3 fully saturated rings. The number of benzene rings is 3. The molecule has 0 spiro atoms. The van der Waals surface area contributed by atoms with Gasteiger partial charge in [0.15, 0.2) is 0 Å². The van der Waals surface area contributed by atoms with E-state index in [1.807, 2.05) is 30.3 Å². The van der Waals surface area contributed by atoms with Crippen LogP contribution in [-0.2, 0) is 16.1 Å². The van der Waals surface area contributed by atoms with E-state index in [4.69, 9.17) is 10.00 Å². The van der Waals surface area contributed by atoms with Gasteiger partial charge in [0.2, 0.25) is 5.91 Å². The molecule has 1 saturated carbocycles. The van der Waals surface area contributed by atoms with E-state index in [9.17, 15) is 4.79 Å². The Balaban J connectivity index is 1.09. The van der Waals surface area contributed by atoms with Crippen molar-refractivity contribution in [3.05, 3.63) is 101 Å². The Bertz CT molecular complexity index is 1320. The van der Waals surface area contributed by atoms with E-state index in [-0.39, 0.29) is 12.0 Å². The number of amides is 1. The summed E-state index contributed by atoms with van der Waals surface area (Å²) in [7, 11) is 0. The molecule has 0 radical (unpaired) electrons. The van der Waals surface area contributed by atoms with Gasteiger partial charge in [-0.05, 0) is 66.1 Å². The largest absolute Gasteiger partial charge is 0.372 e. The van der Waals surface area contributed by atoms with E-state index in [0.29, 0.717) is 24.0 Å². The number of hydrogen-bond acceptors (Lipinski definition) is 5. The summed E-state index contributed by atoms with van der Waals surface area (Å²) in [4.78, 5) is 20.2. The Hall–Kier alpha value is -3.66. The zero-order valence-electron chi connectivity index (χ0n) is 23.1. The van der Waals surface area contributed by atoms with Crippen molar-refractivity contribution < 1.29 is 9.53 Å². The third-order valence-electron chi connectivity index (χ3n) is 8.69. The van der Waals surface area contributed by atoms with Crippen LogP contribution in [0.1, 0.15) is 53.5 Å². The molecule has 3 aromatic rings. The van der Waals surface area contributed by atoms with Crippen molar-refractivity contribution in [1.29, 1.82) is 5.26 Å². The summed E-state index contributed by atoms with van der Waals surface area (Å²) in [6, 6.07) is 29.1. The zero-order chi connectivity index (χ0) is 27.3. The third kappa shape index (κ3) is 6.22. The maximum Gasteiger partial charge on any atom is 0.226 e. The number of nitrogens with zero attached hydrogens (tertiary/aromatic N) is 4. The Kier molecular flexibility index (Phi) is 8.13. The van der Waals surface area contributed by atoms with Gasteiger partial charge in [-0.2, -0.15) is 5.26 Å². The topological polar surface area (TPSA) is 59.8 Å². The number of rotatable bonds is 9. The van der Waals surface area contributed by atoms with Gasteiger partial charge < -0.3 is 14.5 Å². The third-order valence-corrected chi connectivity index (χ3v) is 8.69. The van der Waals surface area contributed by atoms with Crippen molar-refractivity contribution in [3.8, 4) is 6.07 Å². The van der Waals surface area contributed by atoms with Gasteiger partial charge in [-0.1, -0.05) is 54.6 Å². The molecule has 0 N–H and O–H groups in total. The van der Waals surface area contributed by atoms with Crippen LogP contribution in [-0.4, -0.2) is 61.5 Å². The molecule has 206 valence electrons. The number of nitriles is 1. The Labute approximate surface area is 237 Å². The zero-order valence-corrected chi connectivity index (χ0v) is 23.1. The van der Waals surface area contributed by atoms with Crippen LogP contribution in [0.15, 0.2) is 78.9 Å². The Morgan fingerprint density at radius 2 is 1.65 bits per heavy atom. The van der Waals surface area contributed by atoms with Crippen LogP contribution >= 0.6 is 0 Å². The minimum Gasteiger partial charge on any atom is -0.372 e. The summed E-state index contributed by atoms with van der Waals surface area (Å²) in [5.74, 6) is 0.848. The smallest absolute Gasteiger partial charge is 0.226 e. The van der Waals surface area contributed by atoms with E-state index in [2.05, 4.69) is 69.3 Å². The molecule has 0 bridgehead atoms. The molecule has 3 aromatic carbocycles. The summed E-state index contributed by atoms with van der Waals surface area (Å²) in [5, 5.41) is 9.13. The number of carbonyl (C=O) groups is 1. The molecular formula is C34H38N4O2. The number of carbonyl (C=O) groups excluding carboxylic acids is 1. The van der Waals surface area contributed by atoms with Crippen LogP contribution in [0, 0.1) is 17.2 Å². The van der Waals surface area contributed by atoms with E-state index in [1.54, 1.807) is 0 Å². The lowest BCUT2D eigenvalue weighted by atomic mass is 10.1. The lowest BCUT2D eigenvalue weighted by Gasteiger charge is -2.37. The molecule has 1 amide bonds. The fraction of sp³-hybridized carbons (Fsp3) is 0.412. The lowest BCUT2D eigenvalue weighted by molar-refractivity contribution is -0.134. The molecular weight excluding hydrogens is 496 g/mol. The SMILES string of the molecule is N#Cc1ccc(CO[C@@H](CN2CCN(C(=O)[C@H]3C[C@H]3c3ccccc3)CC2)c2cccc(N3CCCC3)c2)cc1. The van der Waals surface area contributed by atoms with Gasteiger partial charge in [0, 0.05) is 57.4 Å². The summed E-state index contributed by atoms with van der Waals surface area (Å²) < 4.78 is 6.57. The molecule has 1 aliphatic carbocycles. The number of piperazine rings is 1. The van der Waals surface area contributed by atoms with Gasteiger partial charge in [0.1, 0.15) is 0 Å². The number of ether oxygens (including phenoxy) is 1. The van der Waals surface area contributed by atoms with E-state index in [0.717, 1.165) is 57.8 Å². The van der Waals surface area contributed by atoms with Gasteiger partial charge in [-0.25, -0.2) is 0 Å². The van der Waals surface area contributed by atoms with Crippen LogP contribution < -0.4 is 4.90 Å². The average Bonchev–Trinajstić information content (AvgIpc) is 3.63. The quantitative estimate of drug-likeness (QED) is 0.370. The van der Waals surface area contributed by atoms with Crippen molar-refractivity contribution in [2.75, 3.05) is 50.7 Å². The van der Waals surface area contributed by atoms with E-state index in [1.165, 1.54) is 29.7 Å². The van der Waals surface area contributed by atoms with Gasteiger partial charge in [-0.3, -0.25) is 9.69 Å². The monoisotopic (exact) mass is 534 g/mol. The predicted octanol–water partition coefficient (Wildman–Crippen LogP) is 5.36. The van der Waals surface area contributed by atoms with Crippen LogP contribution in [0.5, 0.6) is 0 Å². The molecule has 0 unspecified atom stereocenters. The van der Waals surface area contributed by atoms with Crippen LogP contribution in [0.4, 0.5) is 5.69 Å². The Morgan fingerprint density at radius 1 is 0.900 bits per heavy atom. The first kappa shape index (κ1) is 26.6. The highest BCUT2D eigenvalue weighted by Gasteiger charge is 2.46. The van der Waals surface area contributed by atoms with Crippen LogP contribution in [0.25, 0.3) is 0 Å². The highest BCUT2D eigenvalue weighted by molar-refractivity contribution is 5.83. The molecule has 3 aliphatic rings. The molecule has 6 rings (SSSR count). The minimum atomic E-state index is -0.0775. The maximum absolute atomic E-state index is 13.2. The molecule has 6 nitrogen and oxygen atoms in total. The Morgan fingerprint density at radius 3 is 2.38 bits per heavy atom. The van der Waals surface area contributed by atoms with Crippen molar-refractivity contribution >= 4 is 11.6 Å². The average molecular weight is 535 g/mol. The molecule has 0 aromatic heterocycles. The normalized spacial score (nSPS) is 21.7. The fourth-order valence-corrected chi connectivity index (χ4v) is 6.18. The van der Waals surface area contributed by atoms with Crippen molar-refractivity contribution in [2.45, 2.75) is 37.9 Å². The highest BCUT2D eigenvalue weighted by Crippen LogP contribution is 2.48. The van der Waals surface area contributed by atoms with Crippen molar-refractivity contribution in [1.82, 2.24) is 9.80 Å². The standard InChI is InChI=1S/C34H38N4O2/c35-23-26-11-13-27(14-12-26)25-40-33(29-9-6-10-30(21-29)37-15-4-5-16-37)24-36-17-19-38(20-18-36)34(39)32-22-31(32)28-7-2-1-3-8-28/h1-3,6-14,21,31-33H,4-5,15-20,22,24-25H2/t31-,32-,33-/m0/s1. The molecule has 40 heavy (non-hydrogen) atoms. The van der Waals surface area contributed by atoms with Crippen molar-refractivity contribution in [3.63, 3.8) is 0 Å². The second-order valence-corrected chi connectivity index (χ2v) is 11.4. The van der Waals surface area contributed by atoms with Crippen LogP contribution in [0.2, 0.25) is 0 Å². The van der Waals surface area contributed by atoms with Crippen LogP contribution in [0.3, 0.4) is 0 Å². The number of hydrogen-bond donors (Lipinski definition) is 0. The van der Waals surface area contributed by atoms with E-state index >= 15 is 0 Å². The highest BCUT2D eigenvalue weighted by atomic mass is 16.5. The van der Waals surface area contributed by atoms with Gasteiger partial charge in [0.25, 0.3) is 0 Å². The van der Waals surface area contributed by atoms with E-state index < -0.39 is 0 Å². The summed E-state index contributed by atoms with van der Waals surface area (Å²) in [6.45, 7) is 6.77. The minimum absolute atomic E-state index is 0.0775. The second-order valence-electron chi connectivity index (χ2n) is 11.4. The molecule has 3 atom stereocenters. The molecule has 2 heterocycles. The number of anilines is 1. The first-order valence-corrected chi connectivity index (χ1v) is 14.7. The maximum atomic E-state index is 13.2. The first-order chi connectivity index (χ1) is 19.7. The molecule has 2 aliphatic heterocycles. The predicted molar refractivity (Wildman–Crippen MR) is 157 cm³/mol. The summed E-state index contributed by atoms with van der Waals surface area (Å²) in [6.07, 6.45) is 3.39. The second kappa shape index (κ2) is 12.2. The molecule has 2 saturated heterocycles. The van der Waals surface area contributed by atoms with Gasteiger partial charge in [0.05, 0.1) is 24.3 Å². The summed E-state index contributed by atoms with van der Waals surface area (Å²) in [5.41, 5.74) is 5.48. The van der Waals surface area contributed by atoms with Gasteiger partial charge >= 0.3 is 0 Å².